The van der Waals surface area contributed by atoms with Gasteiger partial charge in [0, 0.05) is 39.1 Å². The van der Waals surface area contributed by atoms with Crippen molar-refractivity contribution in [2.75, 3.05) is 32.8 Å². The summed E-state index contributed by atoms with van der Waals surface area (Å²) in [7, 11) is 0. The van der Waals surface area contributed by atoms with E-state index in [0.717, 1.165) is 19.6 Å². The van der Waals surface area contributed by atoms with Crippen molar-refractivity contribution in [1.82, 2.24) is 15.1 Å². The minimum Gasteiger partial charge on any atom is -0.374 e. The van der Waals surface area contributed by atoms with Gasteiger partial charge in [0.1, 0.15) is 0 Å². The van der Waals surface area contributed by atoms with Crippen LogP contribution in [0.2, 0.25) is 0 Å². The quantitative estimate of drug-likeness (QED) is 0.661. The van der Waals surface area contributed by atoms with Crippen LogP contribution >= 0.6 is 0 Å². The Kier molecular flexibility index (Phi) is 6.74. The molecule has 3 amide bonds. The van der Waals surface area contributed by atoms with Crippen LogP contribution in [0.5, 0.6) is 0 Å². The average molecular weight is 421 g/mol. The topological polar surface area (TPSA) is 79.0 Å². The Hall–Kier alpha value is -3.03. The predicted molar refractivity (Wildman–Crippen MR) is 116 cm³/mol. The fourth-order valence-electron chi connectivity index (χ4n) is 4.05. The number of rotatable bonds is 8. The monoisotopic (exact) mass is 421 g/mol. The van der Waals surface area contributed by atoms with E-state index in [1.165, 1.54) is 10.5 Å². The molecule has 0 aliphatic carbocycles. The van der Waals surface area contributed by atoms with Gasteiger partial charge in [0.15, 0.2) is 0 Å². The van der Waals surface area contributed by atoms with Crippen LogP contribution in [-0.4, -0.2) is 66.4 Å². The summed E-state index contributed by atoms with van der Waals surface area (Å²) in [5, 5.41) is 2.92. The summed E-state index contributed by atoms with van der Waals surface area (Å²) in [5.74, 6) is -0.661. The Bertz CT molecular complexity index is 912. The first-order valence-electron chi connectivity index (χ1n) is 10.7. The Labute approximate surface area is 182 Å². The van der Waals surface area contributed by atoms with E-state index in [1.54, 1.807) is 24.3 Å². The summed E-state index contributed by atoms with van der Waals surface area (Å²) in [4.78, 5) is 40.5. The van der Waals surface area contributed by atoms with Gasteiger partial charge >= 0.3 is 0 Å². The van der Waals surface area contributed by atoms with Gasteiger partial charge in [-0.1, -0.05) is 42.5 Å². The fraction of sp³-hybridized carbons (Fsp3) is 0.375. The smallest absolute Gasteiger partial charge is 0.261 e. The number of carbonyl (C=O) groups excluding carboxylic acids is 3. The minimum atomic E-state index is -0.282. The van der Waals surface area contributed by atoms with E-state index >= 15 is 0 Å². The van der Waals surface area contributed by atoms with Gasteiger partial charge in [-0.2, -0.15) is 0 Å². The molecule has 7 heteroatoms. The van der Waals surface area contributed by atoms with Gasteiger partial charge in [-0.25, -0.2) is 0 Å². The van der Waals surface area contributed by atoms with Crippen molar-refractivity contribution in [2.24, 2.45) is 0 Å². The van der Waals surface area contributed by atoms with Crippen LogP contribution in [0.25, 0.3) is 0 Å². The Morgan fingerprint density at radius 1 is 1.00 bits per heavy atom. The molecule has 162 valence electrons. The Balaban J connectivity index is 1.17. The second kappa shape index (κ2) is 9.85. The number of benzene rings is 2. The number of carbonyl (C=O) groups is 3. The lowest BCUT2D eigenvalue weighted by molar-refractivity contribution is -0.122. The molecule has 0 spiro atoms. The highest BCUT2D eigenvalue weighted by atomic mass is 16.5. The molecule has 2 aliphatic rings. The van der Waals surface area contributed by atoms with Crippen molar-refractivity contribution in [1.29, 1.82) is 0 Å². The summed E-state index contributed by atoms with van der Waals surface area (Å²) >= 11 is 0. The largest absolute Gasteiger partial charge is 0.374 e. The molecule has 2 aromatic rings. The van der Waals surface area contributed by atoms with Crippen molar-refractivity contribution in [3.63, 3.8) is 0 Å². The zero-order valence-corrected chi connectivity index (χ0v) is 17.5. The molecule has 7 nitrogen and oxygen atoms in total. The average Bonchev–Trinajstić information content (AvgIpc) is 3.04. The number of hydrogen-bond donors (Lipinski definition) is 1. The van der Waals surface area contributed by atoms with Gasteiger partial charge in [0.25, 0.3) is 11.8 Å². The number of hydrogen-bond acceptors (Lipinski definition) is 5. The number of fused-ring (bicyclic) bond motifs is 1. The number of ether oxygens (including phenoxy) is 1. The van der Waals surface area contributed by atoms with Gasteiger partial charge in [0.05, 0.1) is 23.8 Å². The Morgan fingerprint density at radius 3 is 2.39 bits per heavy atom. The van der Waals surface area contributed by atoms with Crippen molar-refractivity contribution in [2.45, 2.75) is 25.5 Å². The third-order valence-electron chi connectivity index (χ3n) is 5.66. The van der Waals surface area contributed by atoms with E-state index < -0.39 is 0 Å². The first kappa shape index (κ1) is 21.2. The minimum absolute atomic E-state index is 0.0438. The first-order chi connectivity index (χ1) is 15.1. The van der Waals surface area contributed by atoms with E-state index in [0.29, 0.717) is 30.7 Å². The molecule has 0 aromatic heterocycles. The number of nitrogens with zero attached hydrogens (tertiary/aromatic N) is 2. The molecule has 1 atom stereocenters. The maximum Gasteiger partial charge on any atom is 0.261 e. The third-order valence-corrected chi connectivity index (χ3v) is 5.66. The number of imide groups is 1. The molecule has 1 N–H and O–H groups in total. The lowest BCUT2D eigenvalue weighted by Gasteiger charge is -2.33. The predicted octanol–water partition coefficient (Wildman–Crippen LogP) is 2.08. The lowest BCUT2D eigenvalue weighted by Crippen LogP contribution is -2.47. The summed E-state index contributed by atoms with van der Waals surface area (Å²) in [6, 6.07) is 17.1. The van der Waals surface area contributed by atoms with Crippen LogP contribution in [0.15, 0.2) is 54.6 Å². The molecule has 1 fully saturated rings. The number of morpholine rings is 1. The fourth-order valence-corrected chi connectivity index (χ4v) is 4.05. The van der Waals surface area contributed by atoms with E-state index in [2.05, 4.69) is 22.3 Å². The maximum atomic E-state index is 12.4. The normalized spacial score (nSPS) is 18.8. The van der Waals surface area contributed by atoms with E-state index in [1.807, 2.05) is 18.2 Å². The highest BCUT2D eigenvalue weighted by Gasteiger charge is 2.34. The zero-order valence-electron chi connectivity index (χ0n) is 17.5. The standard InChI is InChI=1S/C24H27N3O4/c28-22(11-6-12-27-23(29)20-9-4-5-10-21(20)24(27)30)25-15-19-17-26(13-14-31-19)16-18-7-2-1-3-8-18/h1-5,7-10,19H,6,11-17H2,(H,25,28)/t19-/m1/s1. The van der Waals surface area contributed by atoms with E-state index in [9.17, 15) is 14.4 Å². The maximum absolute atomic E-state index is 12.4. The molecule has 4 rings (SSSR count). The van der Waals surface area contributed by atoms with Crippen LogP contribution < -0.4 is 5.32 Å². The summed E-state index contributed by atoms with van der Waals surface area (Å²) in [6.07, 6.45) is 0.647. The van der Waals surface area contributed by atoms with Gasteiger partial charge < -0.3 is 10.1 Å². The van der Waals surface area contributed by atoms with Crippen LogP contribution in [0.3, 0.4) is 0 Å². The number of amides is 3. The van der Waals surface area contributed by atoms with Crippen molar-refractivity contribution < 1.29 is 19.1 Å². The van der Waals surface area contributed by atoms with E-state index in [4.69, 9.17) is 4.74 Å². The van der Waals surface area contributed by atoms with Gasteiger partial charge in [-0.05, 0) is 24.1 Å². The van der Waals surface area contributed by atoms with Crippen molar-refractivity contribution >= 4 is 17.7 Å². The molecule has 0 unspecified atom stereocenters. The highest BCUT2D eigenvalue weighted by molar-refractivity contribution is 6.21. The van der Waals surface area contributed by atoms with E-state index in [-0.39, 0.29) is 36.8 Å². The molecule has 2 heterocycles. The molecule has 0 radical (unpaired) electrons. The van der Waals surface area contributed by atoms with Gasteiger partial charge in [0.2, 0.25) is 5.91 Å². The summed E-state index contributed by atoms with van der Waals surface area (Å²) in [5.41, 5.74) is 2.14. The second-order valence-electron chi connectivity index (χ2n) is 7.93. The van der Waals surface area contributed by atoms with Crippen LogP contribution in [-0.2, 0) is 16.1 Å². The SMILES string of the molecule is O=C(CCCN1C(=O)c2ccccc2C1=O)NC[C@@H]1CN(Cc2ccccc2)CCO1. The Morgan fingerprint density at radius 2 is 1.68 bits per heavy atom. The molecule has 31 heavy (non-hydrogen) atoms. The molecule has 2 aromatic carbocycles. The van der Waals surface area contributed by atoms with Crippen molar-refractivity contribution in [3.05, 3.63) is 71.3 Å². The highest BCUT2D eigenvalue weighted by Crippen LogP contribution is 2.22. The van der Waals surface area contributed by atoms with Gasteiger partial charge in [-0.15, -0.1) is 0 Å². The van der Waals surface area contributed by atoms with Crippen LogP contribution in [0, 0.1) is 0 Å². The second-order valence-corrected chi connectivity index (χ2v) is 7.93. The summed E-state index contributed by atoms with van der Waals surface area (Å²) < 4.78 is 5.79. The summed E-state index contributed by atoms with van der Waals surface area (Å²) in [6.45, 7) is 3.85. The van der Waals surface area contributed by atoms with Crippen LogP contribution in [0.4, 0.5) is 0 Å². The molecular weight excluding hydrogens is 394 g/mol. The number of nitrogens with one attached hydrogen (secondary N) is 1. The molecule has 2 aliphatic heterocycles. The first-order valence-corrected chi connectivity index (χ1v) is 10.7. The van der Waals surface area contributed by atoms with Gasteiger partial charge in [-0.3, -0.25) is 24.2 Å². The molecule has 1 saturated heterocycles. The van der Waals surface area contributed by atoms with Crippen molar-refractivity contribution in [3.8, 4) is 0 Å². The third kappa shape index (κ3) is 5.18. The molecular formula is C24H27N3O4. The molecule has 0 bridgehead atoms. The zero-order chi connectivity index (χ0) is 21.6. The lowest BCUT2D eigenvalue weighted by atomic mass is 10.1. The van der Waals surface area contributed by atoms with Crippen LogP contribution in [0.1, 0.15) is 39.1 Å². The molecule has 0 saturated carbocycles.